The van der Waals surface area contributed by atoms with Gasteiger partial charge in [-0.2, -0.15) is 0 Å². The number of anilines is 1. The van der Waals surface area contributed by atoms with Crippen LogP contribution in [0.3, 0.4) is 0 Å². The molecule has 0 atom stereocenters. The lowest BCUT2D eigenvalue weighted by molar-refractivity contribution is 0.0957. The van der Waals surface area contributed by atoms with Crippen LogP contribution in [0.1, 0.15) is 10.4 Å². The van der Waals surface area contributed by atoms with Crippen molar-refractivity contribution in [2.75, 3.05) is 12.3 Å². The average molecular weight is 292 g/mol. The Morgan fingerprint density at radius 3 is 2.90 bits per heavy atom. The van der Waals surface area contributed by atoms with Crippen molar-refractivity contribution in [3.8, 4) is 0 Å². The maximum atomic E-state index is 12.4. The number of carbonyl (C=O) groups excluding carboxylic acids is 1. The topological polar surface area (TPSA) is 77.1 Å². The number of carbonyl (C=O) groups is 1. The molecule has 0 unspecified atom stereocenters. The van der Waals surface area contributed by atoms with Gasteiger partial charge in [0, 0.05) is 24.0 Å². The van der Waals surface area contributed by atoms with Gasteiger partial charge in [-0.15, -0.1) is 6.58 Å². The summed E-state index contributed by atoms with van der Waals surface area (Å²) in [6, 6.07) is 4.89. The van der Waals surface area contributed by atoms with Crippen molar-refractivity contribution in [1.82, 2.24) is 9.88 Å². The zero-order valence-electron chi connectivity index (χ0n) is 10.9. The summed E-state index contributed by atoms with van der Waals surface area (Å²) in [5.74, 6) is -0.406. The Morgan fingerprint density at radius 2 is 2.25 bits per heavy atom. The molecule has 0 aliphatic carbocycles. The predicted octanol–water partition coefficient (Wildman–Crippen LogP) is 1.69. The van der Waals surface area contributed by atoms with Gasteiger partial charge >= 0.3 is 0 Å². The molecule has 0 radical (unpaired) electrons. The van der Waals surface area contributed by atoms with Crippen molar-refractivity contribution in [3.05, 3.63) is 51.7 Å². The third-order valence-corrected chi connectivity index (χ3v) is 3.28. The molecule has 0 saturated carbocycles. The summed E-state index contributed by atoms with van der Waals surface area (Å²) in [6.07, 6.45) is 1.52. The Hall–Kier alpha value is -2.27. The van der Waals surface area contributed by atoms with Gasteiger partial charge < -0.3 is 15.6 Å². The molecule has 1 amide bonds. The maximum absolute atomic E-state index is 12.4. The van der Waals surface area contributed by atoms with Gasteiger partial charge in [-0.25, -0.2) is 0 Å². The van der Waals surface area contributed by atoms with Crippen LogP contribution in [-0.4, -0.2) is 17.0 Å². The summed E-state index contributed by atoms with van der Waals surface area (Å²) < 4.78 is 1.59. The van der Waals surface area contributed by atoms with E-state index in [1.807, 2.05) is 0 Å². The molecule has 0 aliphatic heterocycles. The first kappa shape index (κ1) is 14.1. The Bertz CT molecular complexity index is 765. The van der Waals surface area contributed by atoms with Crippen LogP contribution in [0.4, 0.5) is 5.82 Å². The molecular weight excluding hydrogens is 278 g/mol. The van der Waals surface area contributed by atoms with Gasteiger partial charge in [0.1, 0.15) is 11.4 Å². The second-order valence-electron chi connectivity index (χ2n) is 4.31. The Morgan fingerprint density at radius 1 is 1.55 bits per heavy atom. The number of rotatable bonds is 3. The Kier molecular flexibility index (Phi) is 3.81. The van der Waals surface area contributed by atoms with E-state index in [1.165, 1.54) is 12.1 Å². The van der Waals surface area contributed by atoms with Crippen molar-refractivity contribution in [2.45, 2.75) is 0 Å². The molecule has 0 spiro atoms. The number of nitrogens with two attached hydrogens (primary N) is 1. The maximum Gasteiger partial charge on any atom is 0.259 e. The minimum absolute atomic E-state index is 0.0795. The van der Waals surface area contributed by atoms with Crippen molar-refractivity contribution in [2.24, 2.45) is 7.05 Å². The van der Waals surface area contributed by atoms with Gasteiger partial charge in [0.25, 0.3) is 5.91 Å². The minimum atomic E-state index is -0.523. The van der Waals surface area contributed by atoms with E-state index >= 15 is 0 Å². The number of benzene rings is 1. The molecule has 104 valence electrons. The lowest BCUT2D eigenvalue weighted by atomic mass is 10.1. The lowest BCUT2D eigenvalue weighted by Crippen LogP contribution is -2.31. The molecule has 0 fully saturated rings. The highest BCUT2D eigenvalue weighted by atomic mass is 35.5. The van der Waals surface area contributed by atoms with Gasteiger partial charge in [-0.05, 0) is 18.2 Å². The fraction of sp³-hybridized carbons (Fsp3) is 0.143. The molecule has 2 rings (SSSR count). The Balaban J connectivity index is 2.75. The lowest BCUT2D eigenvalue weighted by Gasteiger charge is -2.13. The smallest absolute Gasteiger partial charge is 0.259 e. The average Bonchev–Trinajstić information content (AvgIpc) is 2.43. The largest absolute Gasteiger partial charge is 0.384 e. The van der Waals surface area contributed by atoms with Crippen molar-refractivity contribution >= 4 is 34.2 Å². The number of aromatic nitrogens is 1. The normalized spacial score (nSPS) is 10.5. The predicted molar refractivity (Wildman–Crippen MR) is 81.1 cm³/mol. The number of nitrogens with zero attached hydrogens (tertiary/aromatic N) is 1. The molecule has 2 aromatic rings. The molecule has 6 heteroatoms. The van der Waals surface area contributed by atoms with Crippen LogP contribution < -0.4 is 16.5 Å². The number of fused-ring (bicyclic) bond motifs is 1. The van der Waals surface area contributed by atoms with E-state index in [1.54, 1.807) is 23.7 Å². The summed E-state index contributed by atoms with van der Waals surface area (Å²) in [5, 5.41) is 3.34. The number of hydrogen-bond acceptors (Lipinski definition) is 3. The highest BCUT2D eigenvalue weighted by molar-refractivity contribution is 6.31. The van der Waals surface area contributed by atoms with E-state index in [0.717, 1.165) is 0 Å². The van der Waals surface area contributed by atoms with Crippen LogP contribution >= 0.6 is 11.6 Å². The highest BCUT2D eigenvalue weighted by Crippen LogP contribution is 2.20. The number of halogens is 1. The van der Waals surface area contributed by atoms with E-state index in [4.69, 9.17) is 17.3 Å². The SMILES string of the molecule is C=CCNC(=O)c1c(N)n(C)c2ccc(Cl)cc2c1=O. The molecule has 3 N–H and O–H groups in total. The minimum Gasteiger partial charge on any atom is -0.384 e. The standard InChI is InChI=1S/C14H14ClN3O2/c1-3-6-17-14(20)11-12(19)9-7-8(15)4-5-10(9)18(2)13(11)16/h3-5,7H,1,6,16H2,2H3,(H,17,20). The van der Waals surface area contributed by atoms with E-state index < -0.39 is 11.3 Å². The monoisotopic (exact) mass is 291 g/mol. The quantitative estimate of drug-likeness (QED) is 0.845. The van der Waals surface area contributed by atoms with Gasteiger partial charge in [0.15, 0.2) is 0 Å². The molecular formula is C14H14ClN3O2. The van der Waals surface area contributed by atoms with Crippen LogP contribution in [0.25, 0.3) is 10.9 Å². The second-order valence-corrected chi connectivity index (χ2v) is 4.74. The molecule has 20 heavy (non-hydrogen) atoms. The molecule has 1 heterocycles. The van der Waals surface area contributed by atoms with Gasteiger partial charge in [0.2, 0.25) is 5.43 Å². The van der Waals surface area contributed by atoms with Crippen molar-refractivity contribution < 1.29 is 4.79 Å². The number of pyridine rings is 1. The molecule has 0 aliphatic rings. The van der Waals surface area contributed by atoms with Crippen LogP contribution in [0, 0.1) is 0 Å². The van der Waals surface area contributed by atoms with Crippen LogP contribution in [-0.2, 0) is 7.05 Å². The summed E-state index contributed by atoms with van der Waals surface area (Å²) in [7, 11) is 1.69. The molecule has 5 nitrogen and oxygen atoms in total. The van der Waals surface area contributed by atoms with E-state index in [9.17, 15) is 9.59 Å². The van der Waals surface area contributed by atoms with Gasteiger partial charge in [-0.3, -0.25) is 9.59 Å². The second kappa shape index (κ2) is 5.38. The summed E-state index contributed by atoms with van der Waals surface area (Å²) >= 11 is 5.91. The van der Waals surface area contributed by atoms with E-state index in [-0.39, 0.29) is 17.9 Å². The third kappa shape index (κ3) is 2.28. The van der Waals surface area contributed by atoms with E-state index in [0.29, 0.717) is 15.9 Å². The third-order valence-electron chi connectivity index (χ3n) is 3.04. The van der Waals surface area contributed by atoms with Gasteiger partial charge in [-0.1, -0.05) is 17.7 Å². The summed E-state index contributed by atoms with van der Waals surface area (Å²) in [6.45, 7) is 3.76. The number of nitrogens with one attached hydrogen (secondary N) is 1. The fourth-order valence-electron chi connectivity index (χ4n) is 2.00. The number of amides is 1. The summed E-state index contributed by atoms with van der Waals surface area (Å²) in [4.78, 5) is 24.5. The number of nitrogen functional groups attached to an aromatic ring is 1. The Labute approximate surface area is 120 Å². The molecule has 0 saturated heterocycles. The van der Waals surface area contributed by atoms with Crippen molar-refractivity contribution in [1.29, 1.82) is 0 Å². The summed E-state index contributed by atoms with van der Waals surface area (Å²) in [5.41, 5.74) is 6.02. The number of aryl methyl sites for hydroxylation is 1. The first-order valence-electron chi connectivity index (χ1n) is 5.94. The zero-order valence-corrected chi connectivity index (χ0v) is 11.7. The first-order chi connectivity index (χ1) is 9.47. The van der Waals surface area contributed by atoms with Crippen molar-refractivity contribution in [3.63, 3.8) is 0 Å². The highest BCUT2D eigenvalue weighted by Gasteiger charge is 2.19. The fourth-order valence-corrected chi connectivity index (χ4v) is 2.18. The van der Waals surface area contributed by atoms with Crippen LogP contribution in [0.15, 0.2) is 35.6 Å². The molecule has 1 aromatic heterocycles. The van der Waals surface area contributed by atoms with Crippen LogP contribution in [0.5, 0.6) is 0 Å². The first-order valence-corrected chi connectivity index (χ1v) is 6.32. The van der Waals surface area contributed by atoms with Gasteiger partial charge in [0.05, 0.1) is 5.52 Å². The molecule has 1 aromatic carbocycles. The zero-order chi connectivity index (χ0) is 14.9. The van der Waals surface area contributed by atoms with E-state index in [2.05, 4.69) is 11.9 Å². The van der Waals surface area contributed by atoms with Crippen LogP contribution in [0.2, 0.25) is 5.02 Å². The molecule has 0 bridgehead atoms. The number of hydrogen-bond donors (Lipinski definition) is 2.